The molecular formula is C26H40O5. The van der Waals surface area contributed by atoms with Crippen LogP contribution in [0.3, 0.4) is 0 Å². The summed E-state index contributed by atoms with van der Waals surface area (Å²) in [6, 6.07) is 5.57. The van der Waals surface area contributed by atoms with Gasteiger partial charge in [-0.3, -0.25) is 0 Å². The quantitative estimate of drug-likeness (QED) is 0.246. The van der Waals surface area contributed by atoms with E-state index in [1.54, 1.807) is 0 Å². The minimum absolute atomic E-state index is 0.134. The van der Waals surface area contributed by atoms with Crippen molar-refractivity contribution in [1.29, 1.82) is 0 Å². The van der Waals surface area contributed by atoms with Gasteiger partial charge in [0.05, 0.1) is 18.1 Å². The molecular weight excluding hydrogens is 392 g/mol. The third kappa shape index (κ3) is 8.12. The molecule has 0 spiro atoms. The molecule has 5 heteroatoms. The fraction of sp³-hybridized carbons (Fsp3) is 0.654. The van der Waals surface area contributed by atoms with Gasteiger partial charge < -0.3 is 18.6 Å². The van der Waals surface area contributed by atoms with Crippen molar-refractivity contribution in [2.75, 3.05) is 6.61 Å². The molecule has 2 rings (SSSR count). The highest BCUT2D eigenvalue weighted by Crippen LogP contribution is 2.38. The van der Waals surface area contributed by atoms with Gasteiger partial charge in [-0.1, -0.05) is 57.9 Å². The Kier molecular flexibility index (Phi) is 9.73. The highest BCUT2D eigenvalue weighted by Gasteiger charge is 2.23. The van der Waals surface area contributed by atoms with Crippen molar-refractivity contribution in [3.63, 3.8) is 0 Å². The van der Waals surface area contributed by atoms with Crippen molar-refractivity contribution in [1.82, 2.24) is 0 Å². The molecule has 0 aliphatic rings. The first-order valence-corrected chi connectivity index (χ1v) is 11.8. The zero-order valence-corrected chi connectivity index (χ0v) is 20.2. The lowest BCUT2D eigenvalue weighted by Crippen LogP contribution is -2.23. The van der Waals surface area contributed by atoms with Crippen LogP contribution in [-0.4, -0.2) is 18.3 Å². The van der Waals surface area contributed by atoms with Gasteiger partial charge in [0, 0.05) is 0 Å². The third-order valence-electron chi connectivity index (χ3n) is 4.82. The summed E-state index contributed by atoms with van der Waals surface area (Å²) in [4.78, 5) is 12.7. The Balaban J connectivity index is 2.18. The summed E-state index contributed by atoms with van der Waals surface area (Å²) in [5.41, 5.74) is -0.570. The molecule has 0 saturated heterocycles. The van der Waals surface area contributed by atoms with Gasteiger partial charge in [0.2, 0.25) is 5.75 Å². The molecule has 1 heterocycles. The van der Waals surface area contributed by atoms with Gasteiger partial charge in [-0.05, 0) is 53.2 Å². The van der Waals surface area contributed by atoms with E-state index in [4.69, 9.17) is 18.6 Å². The van der Waals surface area contributed by atoms with Crippen LogP contribution in [0.4, 0.5) is 0 Å². The van der Waals surface area contributed by atoms with Crippen molar-refractivity contribution in [3.8, 4) is 17.2 Å². The van der Waals surface area contributed by atoms with E-state index >= 15 is 0 Å². The zero-order valence-electron chi connectivity index (χ0n) is 20.2. The maximum absolute atomic E-state index is 12.7. The van der Waals surface area contributed by atoms with Crippen LogP contribution in [0.15, 0.2) is 27.4 Å². The van der Waals surface area contributed by atoms with Gasteiger partial charge >= 0.3 is 5.63 Å². The number of rotatable bonds is 13. The van der Waals surface area contributed by atoms with Gasteiger partial charge in [0.25, 0.3) is 0 Å². The maximum Gasteiger partial charge on any atom is 0.383 e. The molecule has 0 atom stereocenters. The number of fused-ring (bicyclic) bond motifs is 1. The predicted octanol–water partition coefficient (Wildman–Crippen LogP) is 7.28. The first kappa shape index (κ1) is 25.1. The van der Waals surface area contributed by atoms with E-state index < -0.39 is 11.2 Å². The first-order valence-electron chi connectivity index (χ1n) is 11.8. The van der Waals surface area contributed by atoms with E-state index in [9.17, 15) is 4.79 Å². The second-order valence-corrected chi connectivity index (χ2v) is 9.38. The van der Waals surface area contributed by atoms with Crippen molar-refractivity contribution in [3.05, 3.63) is 28.6 Å². The Morgan fingerprint density at radius 2 is 1.58 bits per heavy atom. The van der Waals surface area contributed by atoms with Crippen LogP contribution in [-0.2, 0) is 0 Å². The molecule has 0 aliphatic heterocycles. The normalized spacial score (nSPS) is 11.8. The number of para-hydroxylation sites is 1. The Labute approximate surface area is 187 Å². The summed E-state index contributed by atoms with van der Waals surface area (Å²) in [6.07, 6.45) is 9.60. The van der Waals surface area contributed by atoms with E-state index in [0.717, 1.165) is 12.8 Å². The lowest BCUT2D eigenvalue weighted by atomic mass is 10.1. The van der Waals surface area contributed by atoms with Crippen molar-refractivity contribution >= 4 is 11.0 Å². The molecule has 1 aromatic heterocycles. The monoisotopic (exact) mass is 432 g/mol. The van der Waals surface area contributed by atoms with Gasteiger partial charge in [-0.25, -0.2) is 4.79 Å². The molecule has 0 saturated carbocycles. The van der Waals surface area contributed by atoms with Crippen LogP contribution in [0, 0.1) is 0 Å². The van der Waals surface area contributed by atoms with Crippen LogP contribution in [0.25, 0.3) is 11.0 Å². The van der Waals surface area contributed by atoms with Crippen molar-refractivity contribution < 1.29 is 18.6 Å². The first-order chi connectivity index (χ1) is 14.7. The average Bonchev–Trinajstić information content (AvgIpc) is 2.68. The molecule has 0 fully saturated rings. The summed E-state index contributed by atoms with van der Waals surface area (Å²) in [5, 5.41) is 0.691. The second kappa shape index (κ2) is 12.0. The van der Waals surface area contributed by atoms with Crippen LogP contribution >= 0.6 is 0 Å². The number of hydrogen-bond acceptors (Lipinski definition) is 5. The summed E-state index contributed by atoms with van der Waals surface area (Å²) < 4.78 is 23.5. The van der Waals surface area contributed by atoms with E-state index in [-0.39, 0.29) is 11.9 Å². The summed E-state index contributed by atoms with van der Waals surface area (Å²) in [5.74, 6) is 1.10. The van der Waals surface area contributed by atoms with E-state index in [0.29, 0.717) is 29.1 Å². The smallest absolute Gasteiger partial charge is 0.383 e. The van der Waals surface area contributed by atoms with E-state index in [2.05, 4.69) is 6.92 Å². The summed E-state index contributed by atoms with van der Waals surface area (Å²) in [6.45, 7) is 12.4. The lowest BCUT2D eigenvalue weighted by molar-refractivity contribution is 0.131. The highest BCUT2D eigenvalue weighted by atomic mass is 16.5. The number of ether oxygens (including phenoxy) is 3. The number of benzene rings is 1. The van der Waals surface area contributed by atoms with Crippen LogP contribution in [0.2, 0.25) is 0 Å². The topological polar surface area (TPSA) is 57.9 Å². The molecule has 0 aliphatic carbocycles. The van der Waals surface area contributed by atoms with Crippen molar-refractivity contribution in [2.24, 2.45) is 0 Å². The molecule has 174 valence electrons. The second-order valence-electron chi connectivity index (χ2n) is 9.38. The number of hydrogen-bond donors (Lipinski definition) is 0. The van der Waals surface area contributed by atoms with E-state index in [1.165, 1.54) is 38.5 Å². The van der Waals surface area contributed by atoms with Gasteiger partial charge in [0.1, 0.15) is 5.60 Å². The fourth-order valence-electron chi connectivity index (χ4n) is 3.46. The Morgan fingerprint density at radius 1 is 0.935 bits per heavy atom. The molecule has 0 amide bonds. The Morgan fingerprint density at radius 3 is 2.19 bits per heavy atom. The molecule has 0 bridgehead atoms. The molecule has 1 aromatic carbocycles. The summed E-state index contributed by atoms with van der Waals surface area (Å²) in [7, 11) is 0. The minimum atomic E-state index is -0.544. The molecule has 2 aromatic rings. The fourth-order valence-corrected chi connectivity index (χ4v) is 3.46. The summed E-state index contributed by atoms with van der Waals surface area (Å²) >= 11 is 0. The van der Waals surface area contributed by atoms with Crippen molar-refractivity contribution in [2.45, 2.75) is 105 Å². The van der Waals surface area contributed by atoms with Gasteiger partial charge in [-0.2, -0.15) is 0 Å². The largest absolute Gasteiger partial charge is 0.489 e. The standard InChI is InChI=1S/C26H40O5/c1-7-8-9-10-11-12-13-14-18-28-23-20-16-15-17-21(31-26(4,5)6)22(20)30-25(27)24(23)29-19(2)3/h15-17,19H,7-14,18H2,1-6H3. The van der Waals surface area contributed by atoms with Gasteiger partial charge in [0.15, 0.2) is 17.1 Å². The third-order valence-corrected chi connectivity index (χ3v) is 4.82. The molecule has 0 N–H and O–H groups in total. The molecule has 31 heavy (non-hydrogen) atoms. The number of unbranched alkanes of at least 4 members (excludes halogenated alkanes) is 7. The van der Waals surface area contributed by atoms with Crippen LogP contribution < -0.4 is 19.8 Å². The Bertz CT molecular complexity index is 860. The van der Waals surface area contributed by atoms with Crippen LogP contribution in [0.1, 0.15) is 92.9 Å². The molecule has 0 unspecified atom stereocenters. The van der Waals surface area contributed by atoms with Crippen LogP contribution in [0.5, 0.6) is 17.2 Å². The molecule has 0 radical (unpaired) electrons. The van der Waals surface area contributed by atoms with E-state index in [1.807, 2.05) is 52.8 Å². The zero-order chi connectivity index (χ0) is 22.9. The average molecular weight is 433 g/mol. The van der Waals surface area contributed by atoms with Gasteiger partial charge in [-0.15, -0.1) is 0 Å². The maximum atomic E-state index is 12.7. The SMILES string of the molecule is CCCCCCCCCCOc1c(OC(C)C)c(=O)oc2c(OC(C)(C)C)cccc12. The lowest BCUT2D eigenvalue weighted by Gasteiger charge is -2.22. The highest BCUT2D eigenvalue weighted by molar-refractivity contribution is 5.89. The minimum Gasteiger partial charge on any atom is -0.489 e. The predicted molar refractivity (Wildman–Crippen MR) is 127 cm³/mol. The molecule has 5 nitrogen and oxygen atoms in total. The Hall–Kier alpha value is -2.17.